The predicted molar refractivity (Wildman–Crippen MR) is 117 cm³/mol. The van der Waals surface area contributed by atoms with Gasteiger partial charge >= 0.3 is 0 Å². The van der Waals surface area contributed by atoms with E-state index in [1.807, 2.05) is 0 Å². The molecule has 27 heavy (non-hydrogen) atoms. The summed E-state index contributed by atoms with van der Waals surface area (Å²) >= 11 is 0. The second-order valence-corrected chi connectivity index (χ2v) is 8.74. The van der Waals surface area contributed by atoms with Gasteiger partial charge in [0.1, 0.15) is 0 Å². The minimum Gasteiger partial charge on any atom is -0.378 e. The van der Waals surface area contributed by atoms with Crippen molar-refractivity contribution >= 4 is 35.8 Å². The largest absolute Gasteiger partial charge is 0.378 e. The number of rotatable bonds is 4. The Hall–Kier alpha value is -0.570. The van der Waals surface area contributed by atoms with Crippen LogP contribution in [0.25, 0.3) is 0 Å². The van der Waals surface area contributed by atoms with Gasteiger partial charge < -0.3 is 20.3 Å². The van der Waals surface area contributed by atoms with Crippen LogP contribution >= 0.6 is 24.0 Å². The van der Waals surface area contributed by atoms with Gasteiger partial charge in [0.05, 0.1) is 6.10 Å². The number of likely N-dealkylation sites (tertiary alicyclic amines) is 1. The lowest BCUT2D eigenvalue weighted by Crippen LogP contribution is -2.69. The van der Waals surface area contributed by atoms with E-state index in [4.69, 9.17) is 9.73 Å². The van der Waals surface area contributed by atoms with Crippen LogP contribution in [0.15, 0.2) is 4.99 Å². The molecule has 2 N–H and O–H groups in total. The Morgan fingerprint density at radius 1 is 1.33 bits per heavy atom. The molecular weight excluding hydrogens is 455 g/mol. The Balaban J connectivity index is 0.00000210. The average Bonchev–Trinajstić information content (AvgIpc) is 2.91. The van der Waals surface area contributed by atoms with E-state index in [2.05, 4.69) is 29.4 Å². The van der Waals surface area contributed by atoms with Gasteiger partial charge in [-0.2, -0.15) is 0 Å². The van der Waals surface area contributed by atoms with Crippen LogP contribution in [0.1, 0.15) is 58.8 Å². The molecule has 2 saturated carbocycles. The Kier molecular flexibility index (Phi) is 6.60. The standard InChI is InChI=1S/C20H34N4O2.HI/c1-3-21-18(23-15-11-16(26-4-2)20(15)8-5-9-20)24-10-6-7-19(14-24)12-17(25)22-13-19;/h15-16H,3-14H2,1-2H3,(H,21,23)(H,22,25);1H. The topological polar surface area (TPSA) is 66.0 Å². The molecule has 0 aromatic rings. The van der Waals surface area contributed by atoms with E-state index in [1.54, 1.807) is 0 Å². The van der Waals surface area contributed by atoms with E-state index < -0.39 is 0 Å². The van der Waals surface area contributed by atoms with Crippen LogP contribution in [-0.2, 0) is 9.53 Å². The summed E-state index contributed by atoms with van der Waals surface area (Å²) in [6.45, 7) is 8.60. The number of nitrogens with zero attached hydrogens (tertiary/aromatic N) is 2. The molecule has 6 nitrogen and oxygen atoms in total. The zero-order valence-electron chi connectivity index (χ0n) is 16.8. The third-order valence-corrected chi connectivity index (χ3v) is 7.21. The normalized spacial score (nSPS) is 34.7. The van der Waals surface area contributed by atoms with E-state index in [9.17, 15) is 4.79 Å². The van der Waals surface area contributed by atoms with Crippen LogP contribution in [0.5, 0.6) is 0 Å². The Morgan fingerprint density at radius 2 is 2.15 bits per heavy atom. The predicted octanol–water partition coefficient (Wildman–Crippen LogP) is 2.52. The van der Waals surface area contributed by atoms with Crippen molar-refractivity contribution < 1.29 is 9.53 Å². The molecule has 0 aromatic carbocycles. The molecule has 4 fully saturated rings. The van der Waals surface area contributed by atoms with Gasteiger partial charge in [0, 0.05) is 56.1 Å². The minimum atomic E-state index is 0. The van der Waals surface area contributed by atoms with E-state index in [0.717, 1.165) is 58.0 Å². The van der Waals surface area contributed by atoms with Crippen LogP contribution in [0.3, 0.4) is 0 Å². The first-order valence-corrected chi connectivity index (χ1v) is 10.5. The molecule has 1 amide bonds. The van der Waals surface area contributed by atoms with E-state index in [0.29, 0.717) is 24.0 Å². The molecule has 2 aliphatic heterocycles. The Morgan fingerprint density at radius 3 is 2.74 bits per heavy atom. The van der Waals surface area contributed by atoms with Gasteiger partial charge in [-0.1, -0.05) is 6.42 Å². The number of ether oxygens (including phenoxy) is 1. The molecule has 2 heterocycles. The lowest BCUT2D eigenvalue weighted by molar-refractivity contribution is -0.169. The van der Waals surface area contributed by atoms with Crippen LogP contribution in [0.4, 0.5) is 0 Å². The van der Waals surface area contributed by atoms with Crippen molar-refractivity contribution in [3.63, 3.8) is 0 Å². The van der Waals surface area contributed by atoms with Gasteiger partial charge in [-0.05, 0) is 46.0 Å². The van der Waals surface area contributed by atoms with Crippen LogP contribution in [-0.4, -0.2) is 61.7 Å². The third kappa shape index (κ3) is 3.82. The SMILES string of the molecule is CCN=C(NC1CC(OCC)C12CCC2)N1CCCC2(CNC(=O)C2)C1.I. The van der Waals surface area contributed by atoms with Crippen molar-refractivity contribution in [2.45, 2.75) is 70.9 Å². The van der Waals surface area contributed by atoms with E-state index >= 15 is 0 Å². The number of carbonyl (C=O) groups excluding carboxylic acids is 1. The molecule has 2 aliphatic carbocycles. The number of hydrogen-bond donors (Lipinski definition) is 2. The van der Waals surface area contributed by atoms with Gasteiger partial charge in [-0.3, -0.25) is 9.79 Å². The first-order valence-electron chi connectivity index (χ1n) is 10.5. The van der Waals surface area contributed by atoms with Gasteiger partial charge in [0.2, 0.25) is 5.91 Å². The number of carbonyl (C=O) groups is 1. The van der Waals surface area contributed by atoms with Gasteiger partial charge in [0.15, 0.2) is 5.96 Å². The second-order valence-electron chi connectivity index (χ2n) is 8.74. The maximum Gasteiger partial charge on any atom is 0.220 e. The van der Waals surface area contributed by atoms with E-state index in [-0.39, 0.29) is 35.3 Å². The maximum atomic E-state index is 11.8. The van der Waals surface area contributed by atoms with Crippen molar-refractivity contribution in [2.75, 3.05) is 32.8 Å². The summed E-state index contributed by atoms with van der Waals surface area (Å²) in [5.74, 6) is 1.26. The zero-order valence-corrected chi connectivity index (χ0v) is 19.1. The lowest BCUT2D eigenvalue weighted by atomic mass is 9.51. The maximum absolute atomic E-state index is 11.8. The highest BCUT2D eigenvalue weighted by Gasteiger charge is 2.59. The summed E-state index contributed by atoms with van der Waals surface area (Å²) in [6.07, 6.45) is 8.33. The average molecular weight is 490 g/mol. The van der Waals surface area contributed by atoms with Crippen LogP contribution in [0.2, 0.25) is 0 Å². The first kappa shape index (κ1) is 21.1. The fraction of sp³-hybridized carbons (Fsp3) is 0.900. The molecule has 4 rings (SSSR count). The van der Waals surface area contributed by atoms with Crippen molar-refractivity contribution in [1.82, 2.24) is 15.5 Å². The number of piperidine rings is 1. The molecular formula is C20H35IN4O2. The number of halogens is 1. The number of guanidine groups is 1. The summed E-state index contributed by atoms with van der Waals surface area (Å²) in [6, 6.07) is 0.485. The molecule has 0 aromatic heterocycles. The highest BCUT2D eigenvalue weighted by molar-refractivity contribution is 14.0. The van der Waals surface area contributed by atoms with Gasteiger partial charge in [-0.15, -0.1) is 24.0 Å². The fourth-order valence-electron chi connectivity index (χ4n) is 5.61. The summed E-state index contributed by atoms with van der Waals surface area (Å²) < 4.78 is 6.00. The van der Waals surface area contributed by atoms with E-state index in [1.165, 1.54) is 19.3 Å². The highest BCUT2D eigenvalue weighted by Crippen LogP contribution is 2.57. The summed E-state index contributed by atoms with van der Waals surface area (Å²) in [4.78, 5) is 19.0. The lowest BCUT2D eigenvalue weighted by Gasteiger charge is -2.61. The van der Waals surface area contributed by atoms with Crippen molar-refractivity contribution in [3.8, 4) is 0 Å². The highest BCUT2D eigenvalue weighted by atomic mass is 127. The molecule has 0 radical (unpaired) electrons. The summed E-state index contributed by atoms with van der Waals surface area (Å²) in [5.41, 5.74) is 0.441. The van der Waals surface area contributed by atoms with Crippen molar-refractivity contribution in [1.29, 1.82) is 0 Å². The zero-order chi connectivity index (χ0) is 18.2. The second kappa shape index (κ2) is 8.43. The van der Waals surface area contributed by atoms with Crippen molar-refractivity contribution in [2.24, 2.45) is 15.8 Å². The third-order valence-electron chi connectivity index (χ3n) is 7.21. The molecule has 3 unspecified atom stereocenters. The summed E-state index contributed by atoms with van der Waals surface area (Å²) in [7, 11) is 0. The molecule has 3 atom stereocenters. The van der Waals surface area contributed by atoms with Gasteiger partial charge in [0.25, 0.3) is 0 Å². The molecule has 2 spiro atoms. The first-order chi connectivity index (χ1) is 12.6. The van der Waals surface area contributed by atoms with Crippen molar-refractivity contribution in [3.05, 3.63) is 0 Å². The smallest absolute Gasteiger partial charge is 0.220 e. The molecule has 2 saturated heterocycles. The quantitative estimate of drug-likeness (QED) is 0.361. The number of nitrogens with one attached hydrogen (secondary N) is 2. The Bertz CT molecular complexity index is 580. The molecule has 154 valence electrons. The molecule has 7 heteroatoms. The number of aliphatic imine (C=N–C) groups is 1. The monoisotopic (exact) mass is 490 g/mol. The van der Waals surface area contributed by atoms with Crippen LogP contribution < -0.4 is 10.6 Å². The molecule has 0 bridgehead atoms. The minimum absolute atomic E-state index is 0. The summed E-state index contributed by atoms with van der Waals surface area (Å²) in [5, 5.41) is 6.86. The number of amides is 1. The Labute approximate surface area is 180 Å². The molecule has 4 aliphatic rings. The van der Waals surface area contributed by atoms with Crippen LogP contribution in [0, 0.1) is 10.8 Å². The fourth-order valence-corrected chi connectivity index (χ4v) is 5.61. The number of hydrogen-bond acceptors (Lipinski definition) is 3. The van der Waals surface area contributed by atoms with Gasteiger partial charge in [-0.25, -0.2) is 0 Å².